The van der Waals surface area contributed by atoms with Gasteiger partial charge in [0.1, 0.15) is 0 Å². The predicted octanol–water partition coefficient (Wildman–Crippen LogP) is 3.27. The van der Waals surface area contributed by atoms with Crippen molar-refractivity contribution in [3.05, 3.63) is 57.2 Å². The Hall–Kier alpha value is -2.05. The summed E-state index contributed by atoms with van der Waals surface area (Å²) in [6, 6.07) is 11.2. The summed E-state index contributed by atoms with van der Waals surface area (Å²) in [6.45, 7) is 6.19. The number of nitrogens with one attached hydrogen (secondary N) is 3. The molecule has 0 bridgehead atoms. The summed E-state index contributed by atoms with van der Waals surface area (Å²) < 4.78 is 0. The molecule has 3 N–H and O–H groups in total. The number of carbonyl (C=O) groups is 1. The van der Waals surface area contributed by atoms with Crippen molar-refractivity contribution in [1.29, 1.82) is 0 Å². The maximum Gasteiger partial charge on any atom is 0.252 e. The standard InChI is InChI=1S/C19H25ClN4OS/c1-19(2,16-9-6-12-26-16)13-24-18(21-3)23-11-10-22-17(25)14-7-4-5-8-15(14)20/h4-9,12H,10-11,13H2,1-3H3,(H,22,25)(H2,21,23,24). The number of carbonyl (C=O) groups excluding carboxylic acids is 1. The van der Waals surface area contributed by atoms with Crippen LogP contribution in [0.1, 0.15) is 29.1 Å². The van der Waals surface area contributed by atoms with E-state index in [1.807, 2.05) is 0 Å². The number of rotatable bonds is 7. The van der Waals surface area contributed by atoms with Crippen LogP contribution >= 0.6 is 22.9 Å². The van der Waals surface area contributed by atoms with Gasteiger partial charge in [-0.05, 0) is 23.6 Å². The van der Waals surface area contributed by atoms with Crippen molar-refractivity contribution in [3.63, 3.8) is 0 Å². The summed E-state index contributed by atoms with van der Waals surface area (Å²) >= 11 is 7.78. The van der Waals surface area contributed by atoms with Crippen LogP contribution in [0.25, 0.3) is 0 Å². The maximum atomic E-state index is 12.1. The average molecular weight is 393 g/mol. The van der Waals surface area contributed by atoms with Crippen molar-refractivity contribution < 1.29 is 4.79 Å². The smallest absolute Gasteiger partial charge is 0.252 e. The molecular formula is C19H25ClN4OS. The van der Waals surface area contributed by atoms with Crippen LogP contribution in [-0.2, 0) is 5.41 Å². The van der Waals surface area contributed by atoms with Crippen LogP contribution in [0.15, 0.2) is 46.8 Å². The minimum atomic E-state index is -0.181. The van der Waals surface area contributed by atoms with E-state index in [2.05, 4.69) is 52.3 Å². The molecule has 0 aliphatic rings. The van der Waals surface area contributed by atoms with E-state index in [0.29, 0.717) is 29.6 Å². The Labute approximate surface area is 163 Å². The first-order valence-electron chi connectivity index (χ1n) is 8.45. The maximum absolute atomic E-state index is 12.1. The highest BCUT2D eigenvalue weighted by Gasteiger charge is 2.21. The largest absolute Gasteiger partial charge is 0.356 e. The zero-order valence-corrected chi connectivity index (χ0v) is 16.9. The lowest BCUT2D eigenvalue weighted by Crippen LogP contribution is -2.45. The van der Waals surface area contributed by atoms with E-state index >= 15 is 0 Å². The lowest BCUT2D eigenvalue weighted by Gasteiger charge is -2.25. The van der Waals surface area contributed by atoms with Gasteiger partial charge in [0.05, 0.1) is 10.6 Å². The van der Waals surface area contributed by atoms with E-state index in [9.17, 15) is 4.79 Å². The molecule has 0 fully saturated rings. The van der Waals surface area contributed by atoms with Crippen LogP contribution in [0.2, 0.25) is 5.02 Å². The number of hydrogen-bond acceptors (Lipinski definition) is 3. The van der Waals surface area contributed by atoms with Crippen molar-refractivity contribution in [1.82, 2.24) is 16.0 Å². The van der Waals surface area contributed by atoms with Crippen LogP contribution in [0, 0.1) is 0 Å². The molecule has 0 aliphatic carbocycles. The van der Waals surface area contributed by atoms with Crippen LogP contribution in [0.3, 0.4) is 0 Å². The quantitative estimate of drug-likeness (QED) is 0.385. The molecule has 26 heavy (non-hydrogen) atoms. The van der Waals surface area contributed by atoms with E-state index in [0.717, 1.165) is 6.54 Å². The number of thiophene rings is 1. The van der Waals surface area contributed by atoms with Crippen LogP contribution < -0.4 is 16.0 Å². The first-order valence-corrected chi connectivity index (χ1v) is 9.71. The van der Waals surface area contributed by atoms with Gasteiger partial charge in [-0.1, -0.05) is 43.6 Å². The van der Waals surface area contributed by atoms with Gasteiger partial charge in [-0.15, -0.1) is 11.3 Å². The molecule has 0 unspecified atom stereocenters. The summed E-state index contributed by atoms with van der Waals surface area (Å²) in [6.07, 6.45) is 0. The summed E-state index contributed by atoms with van der Waals surface area (Å²) in [5.41, 5.74) is 0.499. The fourth-order valence-corrected chi connectivity index (χ4v) is 3.45. The Bertz CT molecular complexity index is 744. The summed E-state index contributed by atoms with van der Waals surface area (Å²) in [4.78, 5) is 17.7. The first kappa shape index (κ1) is 20.3. The minimum absolute atomic E-state index is 0.0179. The Morgan fingerprint density at radius 3 is 2.50 bits per heavy atom. The Kier molecular flexibility index (Phi) is 7.48. The molecule has 0 aliphatic heterocycles. The topological polar surface area (TPSA) is 65.5 Å². The van der Waals surface area contributed by atoms with Gasteiger partial charge in [-0.2, -0.15) is 0 Å². The van der Waals surface area contributed by atoms with Crippen LogP contribution in [-0.4, -0.2) is 38.5 Å². The lowest BCUT2D eigenvalue weighted by atomic mass is 9.91. The molecule has 1 heterocycles. The molecule has 0 saturated carbocycles. The van der Waals surface area contributed by atoms with Crippen molar-refractivity contribution >= 4 is 34.8 Å². The van der Waals surface area contributed by atoms with Crippen molar-refractivity contribution in [3.8, 4) is 0 Å². The minimum Gasteiger partial charge on any atom is -0.356 e. The van der Waals surface area contributed by atoms with Gasteiger partial charge < -0.3 is 16.0 Å². The van der Waals surface area contributed by atoms with Gasteiger partial charge in [-0.25, -0.2) is 0 Å². The fourth-order valence-electron chi connectivity index (χ4n) is 2.37. The molecule has 2 aromatic rings. The van der Waals surface area contributed by atoms with E-state index in [4.69, 9.17) is 11.6 Å². The summed E-state index contributed by atoms with van der Waals surface area (Å²) in [7, 11) is 1.73. The van der Waals surface area contributed by atoms with Crippen LogP contribution in [0.4, 0.5) is 0 Å². The van der Waals surface area contributed by atoms with Gasteiger partial charge in [0.15, 0.2) is 5.96 Å². The van der Waals surface area contributed by atoms with Gasteiger partial charge >= 0.3 is 0 Å². The third-order valence-corrected chi connectivity index (χ3v) is 5.50. The van der Waals surface area contributed by atoms with Gasteiger partial charge in [0, 0.05) is 37.0 Å². The van der Waals surface area contributed by atoms with E-state index in [1.165, 1.54) is 4.88 Å². The van der Waals surface area contributed by atoms with Crippen molar-refractivity contribution in [2.24, 2.45) is 4.99 Å². The normalized spacial score (nSPS) is 11.9. The molecule has 1 aromatic carbocycles. The number of hydrogen-bond donors (Lipinski definition) is 3. The third kappa shape index (κ3) is 5.75. The first-order chi connectivity index (χ1) is 12.4. The second-order valence-corrected chi connectivity index (χ2v) is 7.80. The second kappa shape index (κ2) is 9.59. The van der Waals surface area contributed by atoms with Crippen molar-refractivity contribution in [2.45, 2.75) is 19.3 Å². The molecule has 0 spiro atoms. The molecule has 1 amide bonds. The van der Waals surface area contributed by atoms with Gasteiger partial charge in [0.2, 0.25) is 0 Å². The Morgan fingerprint density at radius 1 is 1.12 bits per heavy atom. The Balaban J connectivity index is 1.74. The van der Waals surface area contributed by atoms with E-state index in [-0.39, 0.29) is 11.3 Å². The highest BCUT2D eigenvalue weighted by atomic mass is 35.5. The zero-order chi connectivity index (χ0) is 19.0. The number of amides is 1. The number of halogens is 1. The average Bonchev–Trinajstić information content (AvgIpc) is 3.17. The third-order valence-electron chi connectivity index (χ3n) is 3.93. The zero-order valence-electron chi connectivity index (χ0n) is 15.3. The molecule has 0 saturated heterocycles. The fraction of sp³-hybridized carbons (Fsp3) is 0.368. The molecule has 0 radical (unpaired) electrons. The second-order valence-electron chi connectivity index (χ2n) is 6.45. The molecule has 1 aromatic heterocycles. The number of guanidine groups is 1. The van der Waals surface area contributed by atoms with Gasteiger partial charge in [0.25, 0.3) is 5.91 Å². The molecular weight excluding hydrogens is 368 g/mol. The van der Waals surface area contributed by atoms with E-state index < -0.39 is 0 Å². The molecule has 140 valence electrons. The number of nitrogens with zero attached hydrogens (tertiary/aromatic N) is 1. The molecule has 5 nitrogen and oxygen atoms in total. The number of benzene rings is 1. The highest BCUT2D eigenvalue weighted by molar-refractivity contribution is 7.10. The molecule has 7 heteroatoms. The van der Waals surface area contributed by atoms with E-state index in [1.54, 1.807) is 42.6 Å². The monoisotopic (exact) mass is 392 g/mol. The summed E-state index contributed by atoms with van der Waals surface area (Å²) in [5, 5.41) is 11.9. The SMILES string of the molecule is CN=C(NCCNC(=O)c1ccccc1Cl)NCC(C)(C)c1cccs1. The Morgan fingerprint density at radius 2 is 1.85 bits per heavy atom. The summed E-state index contributed by atoms with van der Waals surface area (Å²) in [5.74, 6) is 0.529. The lowest BCUT2D eigenvalue weighted by molar-refractivity contribution is 0.0954. The number of aliphatic imine (C=N–C) groups is 1. The predicted molar refractivity (Wildman–Crippen MR) is 110 cm³/mol. The molecule has 2 rings (SSSR count). The van der Waals surface area contributed by atoms with Crippen molar-refractivity contribution in [2.75, 3.05) is 26.7 Å². The van der Waals surface area contributed by atoms with Gasteiger partial charge in [-0.3, -0.25) is 9.79 Å². The molecule has 0 atom stereocenters. The van der Waals surface area contributed by atoms with Crippen LogP contribution in [0.5, 0.6) is 0 Å². The highest BCUT2D eigenvalue weighted by Crippen LogP contribution is 2.26.